The topological polar surface area (TPSA) is 50.2 Å². The maximum atomic E-state index is 12.9. The van der Waals surface area contributed by atoms with Crippen LogP contribution in [-0.4, -0.2) is 46.0 Å². The Kier molecular flexibility index (Phi) is 4.55. The Hall–Kier alpha value is -2.18. The van der Waals surface area contributed by atoms with Crippen molar-refractivity contribution >= 4 is 27.5 Å². The molecule has 3 aromatic rings. The summed E-state index contributed by atoms with van der Waals surface area (Å²) in [5.41, 5.74) is 0.925. The van der Waals surface area contributed by atoms with Crippen LogP contribution in [0.2, 0.25) is 0 Å². The maximum absolute atomic E-state index is 12.9. The zero-order valence-electron chi connectivity index (χ0n) is 14.3. The predicted octanol–water partition coefficient (Wildman–Crippen LogP) is 3.30. The lowest BCUT2D eigenvalue weighted by atomic mass is 10.2. The van der Waals surface area contributed by atoms with E-state index in [1.54, 1.807) is 6.20 Å². The number of carbonyl (C=O) groups is 1. The highest BCUT2D eigenvalue weighted by Crippen LogP contribution is 2.33. The number of likely N-dealkylation sites (tertiary alicyclic amines) is 1. The second kappa shape index (κ2) is 6.98. The Labute approximate surface area is 151 Å². The van der Waals surface area contributed by atoms with Gasteiger partial charge in [0.15, 0.2) is 0 Å². The maximum Gasteiger partial charge on any atom is 0.263 e. The number of aromatic nitrogens is 2. The first-order valence-electron chi connectivity index (χ1n) is 8.81. The Morgan fingerprint density at radius 3 is 3.00 bits per heavy atom. The van der Waals surface area contributed by atoms with E-state index in [-0.39, 0.29) is 5.91 Å². The molecule has 0 radical (unpaired) electrons. The van der Waals surface area contributed by atoms with Crippen LogP contribution in [0.1, 0.15) is 29.4 Å². The van der Waals surface area contributed by atoms with Gasteiger partial charge in [-0.05, 0) is 50.2 Å². The number of likely N-dealkylation sites (N-methyl/N-ethyl adjacent to an activating group) is 1. The number of nitrogens with one attached hydrogen (secondary N) is 1. The van der Waals surface area contributed by atoms with Gasteiger partial charge in [-0.25, -0.2) is 4.98 Å². The monoisotopic (exact) mass is 354 g/mol. The quantitative estimate of drug-likeness (QED) is 0.765. The van der Waals surface area contributed by atoms with Gasteiger partial charge in [0.25, 0.3) is 5.91 Å². The zero-order chi connectivity index (χ0) is 17.2. The largest absolute Gasteiger partial charge is 0.350 e. The van der Waals surface area contributed by atoms with Crippen LogP contribution in [0.25, 0.3) is 15.9 Å². The van der Waals surface area contributed by atoms with Crippen LogP contribution in [0.3, 0.4) is 0 Å². The molecule has 0 aliphatic carbocycles. The molecule has 0 bridgehead atoms. The van der Waals surface area contributed by atoms with Crippen LogP contribution >= 0.6 is 11.3 Å². The van der Waals surface area contributed by atoms with Crippen molar-refractivity contribution in [1.29, 1.82) is 0 Å². The molecule has 0 aromatic carbocycles. The lowest BCUT2D eigenvalue weighted by Crippen LogP contribution is -2.40. The van der Waals surface area contributed by atoms with Crippen molar-refractivity contribution in [3.05, 3.63) is 47.7 Å². The molecule has 25 heavy (non-hydrogen) atoms. The fourth-order valence-electron chi connectivity index (χ4n) is 3.65. The van der Waals surface area contributed by atoms with Crippen molar-refractivity contribution in [2.24, 2.45) is 0 Å². The van der Waals surface area contributed by atoms with Crippen molar-refractivity contribution in [2.75, 3.05) is 19.6 Å². The minimum atomic E-state index is -0.00495. The number of carbonyl (C=O) groups excluding carboxylic acids is 1. The summed E-state index contributed by atoms with van der Waals surface area (Å²) in [5.74, 6) is -0.00495. The van der Waals surface area contributed by atoms with E-state index < -0.39 is 0 Å². The highest BCUT2D eigenvalue weighted by molar-refractivity contribution is 7.21. The summed E-state index contributed by atoms with van der Waals surface area (Å²) >= 11 is 1.46. The lowest BCUT2D eigenvalue weighted by molar-refractivity contribution is 0.0945. The number of amides is 1. The Balaban J connectivity index is 1.62. The highest BCUT2D eigenvalue weighted by Gasteiger charge is 2.25. The normalized spacial score (nSPS) is 18.0. The van der Waals surface area contributed by atoms with Crippen LogP contribution in [0, 0.1) is 0 Å². The minimum Gasteiger partial charge on any atom is -0.350 e. The number of nitrogens with zero attached hydrogens (tertiary/aromatic N) is 3. The number of hydrogen-bond donors (Lipinski definition) is 1. The molecule has 130 valence electrons. The summed E-state index contributed by atoms with van der Waals surface area (Å²) in [6.07, 6.45) is 8.10. The van der Waals surface area contributed by atoms with Gasteiger partial charge < -0.3 is 9.88 Å². The molecule has 4 rings (SSSR count). The molecule has 0 spiro atoms. The van der Waals surface area contributed by atoms with E-state index in [0.717, 1.165) is 40.3 Å². The Morgan fingerprint density at radius 1 is 1.36 bits per heavy atom. The van der Waals surface area contributed by atoms with Crippen LogP contribution < -0.4 is 5.32 Å². The third-order valence-corrected chi connectivity index (χ3v) is 6.01. The molecule has 1 fully saturated rings. The van der Waals surface area contributed by atoms with Crippen LogP contribution in [0.5, 0.6) is 0 Å². The third-order valence-electron chi connectivity index (χ3n) is 4.91. The first-order chi connectivity index (χ1) is 12.3. The van der Waals surface area contributed by atoms with Gasteiger partial charge in [0.1, 0.15) is 9.71 Å². The van der Waals surface area contributed by atoms with E-state index in [2.05, 4.69) is 22.1 Å². The average molecular weight is 354 g/mol. The molecule has 0 unspecified atom stereocenters. The molecule has 0 saturated carbocycles. The van der Waals surface area contributed by atoms with Gasteiger partial charge in [-0.1, -0.05) is 6.92 Å². The summed E-state index contributed by atoms with van der Waals surface area (Å²) in [5, 5.41) is 4.18. The van der Waals surface area contributed by atoms with Crippen LogP contribution in [0.15, 0.2) is 42.9 Å². The van der Waals surface area contributed by atoms with Gasteiger partial charge >= 0.3 is 0 Å². The third kappa shape index (κ3) is 3.07. The fraction of sp³-hybridized carbons (Fsp3) is 0.368. The molecule has 1 saturated heterocycles. The van der Waals surface area contributed by atoms with Crippen LogP contribution in [-0.2, 0) is 0 Å². The molecule has 1 aliphatic rings. The van der Waals surface area contributed by atoms with Gasteiger partial charge in [0, 0.05) is 36.6 Å². The van der Waals surface area contributed by atoms with Gasteiger partial charge in [-0.15, -0.1) is 11.3 Å². The molecular formula is C19H22N4OS. The Bertz CT molecular complexity index is 871. The van der Waals surface area contributed by atoms with Crippen molar-refractivity contribution in [1.82, 2.24) is 19.8 Å². The van der Waals surface area contributed by atoms with Crippen LogP contribution in [0.4, 0.5) is 0 Å². The standard InChI is InChI=1S/C19H22N4OS/c1-2-22-12-6-7-14(22)13-21-18(24)17-16(23-10-3-4-11-23)15-8-5-9-20-19(15)25-17/h3-5,8-11,14H,2,6-7,12-13H2,1H3,(H,21,24)/t14-/m1/s1. The summed E-state index contributed by atoms with van der Waals surface area (Å²) < 4.78 is 2.00. The second-order valence-corrected chi connectivity index (χ2v) is 7.36. The molecule has 1 amide bonds. The molecule has 1 N–H and O–H groups in total. The van der Waals surface area contributed by atoms with E-state index in [4.69, 9.17) is 0 Å². The van der Waals surface area contributed by atoms with E-state index >= 15 is 0 Å². The van der Waals surface area contributed by atoms with E-state index in [1.807, 2.05) is 41.2 Å². The lowest BCUT2D eigenvalue weighted by Gasteiger charge is -2.22. The van der Waals surface area contributed by atoms with E-state index in [9.17, 15) is 4.79 Å². The second-order valence-electron chi connectivity index (χ2n) is 6.36. The molecule has 6 heteroatoms. The van der Waals surface area contributed by atoms with Gasteiger partial charge in [0.2, 0.25) is 0 Å². The average Bonchev–Trinajstić information content (AvgIpc) is 3.37. The zero-order valence-corrected chi connectivity index (χ0v) is 15.1. The molecular weight excluding hydrogens is 332 g/mol. The molecule has 1 aliphatic heterocycles. The molecule has 5 nitrogen and oxygen atoms in total. The summed E-state index contributed by atoms with van der Waals surface area (Å²) in [6.45, 7) is 5.07. The number of hydrogen-bond acceptors (Lipinski definition) is 4. The first kappa shape index (κ1) is 16.3. The number of thiophene rings is 1. The van der Waals surface area contributed by atoms with E-state index in [1.165, 1.54) is 17.8 Å². The molecule has 3 aromatic heterocycles. The van der Waals surface area contributed by atoms with Crippen molar-refractivity contribution in [3.8, 4) is 5.69 Å². The van der Waals surface area contributed by atoms with E-state index in [0.29, 0.717) is 12.6 Å². The number of fused-ring (bicyclic) bond motifs is 1. The summed E-state index contributed by atoms with van der Waals surface area (Å²) in [4.78, 5) is 21.4. The smallest absolute Gasteiger partial charge is 0.263 e. The predicted molar refractivity (Wildman–Crippen MR) is 102 cm³/mol. The van der Waals surface area contributed by atoms with Crippen molar-refractivity contribution in [3.63, 3.8) is 0 Å². The fourth-order valence-corrected chi connectivity index (χ4v) is 4.71. The highest BCUT2D eigenvalue weighted by atomic mass is 32.1. The van der Waals surface area contributed by atoms with Crippen molar-refractivity contribution in [2.45, 2.75) is 25.8 Å². The van der Waals surface area contributed by atoms with Gasteiger partial charge in [-0.3, -0.25) is 9.69 Å². The first-order valence-corrected chi connectivity index (χ1v) is 9.62. The molecule has 1 atom stereocenters. The minimum absolute atomic E-state index is 0.00495. The Morgan fingerprint density at radius 2 is 2.20 bits per heavy atom. The summed E-state index contributed by atoms with van der Waals surface area (Å²) in [6, 6.07) is 8.34. The summed E-state index contributed by atoms with van der Waals surface area (Å²) in [7, 11) is 0. The van der Waals surface area contributed by atoms with Gasteiger partial charge in [0.05, 0.1) is 5.69 Å². The number of rotatable bonds is 5. The van der Waals surface area contributed by atoms with Crippen molar-refractivity contribution < 1.29 is 4.79 Å². The SMILES string of the molecule is CCN1CCC[C@@H]1CNC(=O)c1sc2ncccc2c1-n1cccc1. The number of pyridine rings is 1. The molecule has 4 heterocycles. The van der Waals surface area contributed by atoms with Gasteiger partial charge in [-0.2, -0.15) is 0 Å².